The van der Waals surface area contributed by atoms with Crippen LogP contribution in [0.2, 0.25) is 0 Å². The molecule has 116 valence electrons. The summed E-state index contributed by atoms with van der Waals surface area (Å²) in [5.74, 6) is 1.88. The number of carbonyl (C=O) groups is 1. The zero-order chi connectivity index (χ0) is 14.8. The summed E-state index contributed by atoms with van der Waals surface area (Å²) in [5, 5.41) is 3.71. The molecule has 2 aliphatic rings. The zero-order valence-electron chi connectivity index (χ0n) is 13.7. The van der Waals surface area contributed by atoms with Gasteiger partial charge in [0.15, 0.2) is 0 Å². The average Bonchev–Trinajstić information content (AvgIpc) is 3.17. The lowest BCUT2D eigenvalue weighted by Gasteiger charge is -2.40. The van der Waals surface area contributed by atoms with Gasteiger partial charge in [0.1, 0.15) is 0 Å². The van der Waals surface area contributed by atoms with Crippen LogP contribution in [0.1, 0.15) is 59.8 Å². The molecular weight excluding hydrogens is 248 g/mol. The van der Waals surface area contributed by atoms with Gasteiger partial charge >= 0.3 is 0 Å². The molecule has 2 fully saturated rings. The fourth-order valence-electron chi connectivity index (χ4n) is 3.45. The van der Waals surface area contributed by atoms with Crippen molar-refractivity contribution in [2.75, 3.05) is 19.6 Å². The van der Waals surface area contributed by atoms with Crippen LogP contribution in [-0.4, -0.2) is 36.5 Å². The Bertz CT molecular complexity index is 330. The number of likely N-dealkylation sites (tertiary alicyclic amines) is 1. The van der Waals surface area contributed by atoms with Gasteiger partial charge in [-0.05, 0) is 49.5 Å². The molecule has 3 heteroatoms. The normalized spacial score (nSPS) is 27.7. The molecule has 0 aromatic rings. The Morgan fingerprint density at radius 2 is 1.90 bits per heavy atom. The van der Waals surface area contributed by atoms with Gasteiger partial charge in [0.25, 0.3) is 0 Å². The predicted molar refractivity (Wildman–Crippen MR) is 83.6 cm³/mol. The number of piperidine rings is 1. The molecule has 0 radical (unpaired) electrons. The quantitative estimate of drug-likeness (QED) is 0.839. The second-order valence-corrected chi connectivity index (χ2v) is 8.07. The van der Waals surface area contributed by atoms with E-state index in [0.29, 0.717) is 29.7 Å². The van der Waals surface area contributed by atoms with Crippen LogP contribution in [-0.2, 0) is 4.79 Å². The van der Waals surface area contributed by atoms with Gasteiger partial charge in [-0.2, -0.15) is 0 Å². The second kappa shape index (κ2) is 6.46. The lowest BCUT2D eigenvalue weighted by molar-refractivity contribution is -0.133. The van der Waals surface area contributed by atoms with E-state index in [-0.39, 0.29) is 0 Å². The van der Waals surface area contributed by atoms with Crippen LogP contribution in [0.15, 0.2) is 0 Å². The first-order chi connectivity index (χ1) is 9.37. The van der Waals surface area contributed by atoms with Crippen molar-refractivity contribution in [1.29, 1.82) is 0 Å². The number of nitrogens with one attached hydrogen (secondary N) is 1. The highest BCUT2D eigenvalue weighted by Crippen LogP contribution is 2.32. The van der Waals surface area contributed by atoms with Crippen molar-refractivity contribution in [3.05, 3.63) is 0 Å². The average molecular weight is 280 g/mol. The minimum absolute atomic E-state index is 0.321. The van der Waals surface area contributed by atoms with E-state index in [1.54, 1.807) is 0 Å². The number of nitrogens with zero attached hydrogens (tertiary/aromatic N) is 1. The first-order valence-corrected chi connectivity index (χ1v) is 8.38. The summed E-state index contributed by atoms with van der Waals surface area (Å²) in [4.78, 5) is 14.2. The summed E-state index contributed by atoms with van der Waals surface area (Å²) in [6.45, 7) is 11.9. The number of carbonyl (C=O) groups excluding carboxylic acids is 1. The minimum Gasteiger partial charge on any atom is -0.341 e. The summed E-state index contributed by atoms with van der Waals surface area (Å²) in [6, 6.07) is 0.507. The molecule has 1 heterocycles. The summed E-state index contributed by atoms with van der Waals surface area (Å²) in [5.41, 5.74) is 0.351. The Labute approximate surface area is 124 Å². The van der Waals surface area contributed by atoms with Gasteiger partial charge in [0.2, 0.25) is 5.91 Å². The van der Waals surface area contributed by atoms with Crippen LogP contribution in [0, 0.1) is 17.3 Å². The van der Waals surface area contributed by atoms with Crippen LogP contribution in [0.5, 0.6) is 0 Å². The number of rotatable bonds is 5. The Morgan fingerprint density at radius 1 is 1.20 bits per heavy atom. The molecule has 2 unspecified atom stereocenters. The molecule has 1 N–H and O–H groups in total. The highest BCUT2D eigenvalue weighted by Gasteiger charge is 2.32. The van der Waals surface area contributed by atoms with Gasteiger partial charge < -0.3 is 10.2 Å². The van der Waals surface area contributed by atoms with Crippen molar-refractivity contribution in [1.82, 2.24) is 10.2 Å². The van der Waals surface area contributed by atoms with Gasteiger partial charge in [0, 0.05) is 25.6 Å². The maximum absolute atomic E-state index is 12.1. The van der Waals surface area contributed by atoms with E-state index < -0.39 is 0 Å². The van der Waals surface area contributed by atoms with E-state index >= 15 is 0 Å². The monoisotopic (exact) mass is 280 g/mol. The summed E-state index contributed by atoms with van der Waals surface area (Å²) < 4.78 is 0. The third-order valence-corrected chi connectivity index (χ3v) is 4.49. The molecule has 20 heavy (non-hydrogen) atoms. The number of hydrogen-bond donors (Lipinski definition) is 1. The van der Waals surface area contributed by atoms with E-state index in [1.807, 2.05) is 6.92 Å². The van der Waals surface area contributed by atoms with Crippen LogP contribution in [0.4, 0.5) is 0 Å². The molecule has 1 aliphatic heterocycles. The molecule has 1 amide bonds. The van der Waals surface area contributed by atoms with Gasteiger partial charge in [-0.1, -0.05) is 27.7 Å². The van der Waals surface area contributed by atoms with Gasteiger partial charge in [-0.15, -0.1) is 0 Å². The number of hydrogen-bond acceptors (Lipinski definition) is 2. The van der Waals surface area contributed by atoms with Crippen molar-refractivity contribution in [2.24, 2.45) is 17.3 Å². The fraction of sp³-hybridized carbons (Fsp3) is 0.941. The van der Waals surface area contributed by atoms with Crippen molar-refractivity contribution >= 4 is 5.91 Å². The van der Waals surface area contributed by atoms with Crippen molar-refractivity contribution < 1.29 is 4.79 Å². The summed E-state index contributed by atoms with van der Waals surface area (Å²) in [7, 11) is 0. The molecule has 0 bridgehead atoms. The fourth-order valence-corrected chi connectivity index (χ4v) is 3.45. The molecule has 1 saturated carbocycles. The minimum atomic E-state index is 0.321. The van der Waals surface area contributed by atoms with Gasteiger partial charge in [-0.25, -0.2) is 0 Å². The van der Waals surface area contributed by atoms with Crippen LogP contribution >= 0.6 is 0 Å². The molecule has 1 aliphatic carbocycles. The lowest BCUT2D eigenvalue weighted by atomic mass is 9.80. The van der Waals surface area contributed by atoms with Crippen molar-refractivity contribution in [2.45, 2.75) is 65.8 Å². The van der Waals surface area contributed by atoms with E-state index in [9.17, 15) is 4.79 Å². The van der Waals surface area contributed by atoms with E-state index in [1.165, 1.54) is 25.7 Å². The first kappa shape index (κ1) is 15.8. The third kappa shape index (κ3) is 5.08. The van der Waals surface area contributed by atoms with Crippen LogP contribution in [0.25, 0.3) is 0 Å². The Morgan fingerprint density at radius 3 is 2.45 bits per heavy atom. The summed E-state index contributed by atoms with van der Waals surface area (Å²) >= 11 is 0. The molecule has 1 saturated heterocycles. The Balaban J connectivity index is 1.91. The molecular formula is C17H32N2O. The van der Waals surface area contributed by atoms with Gasteiger partial charge in [0.05, 0.1) is 0 Å². The SMILES string of the molecule is CCC(=O)N1CC(CC(C)(C)C)CC(NCC2CC2)C1. The molecule has 2 rings (SSSR count). The van der Waals surface area contributed by atoms with Crippen LogP contribution < -0.4 is 5.32 Å². The highest BCUT2D eigenvalue weighted by molar-refractivity contribution is 5.76. The molecule has 2 atom stereocenters. The highest BCUT2D eigenvalue weighted by atomic mass is 16.2. The standard InChI is InChI=1S/C17H32N2O/c1-5-16(20)19-11-14(9-17(2,3)4)8-15(12-19)18-10-13-6-7-13/h13-15,18H,5-12H2,1-4H3. The largest absolute Gasteiger partial charge is 0.341 e. The Kier molecular flexibility index (Phi) is 5.11. The molecule has 0 aromatic carbocycles. The lowest BCUT2D eigenvalue weighted by Crippen LogP contribution is -2.52. The van der Waals surface area contributed by atoms with Crippen molar-refractivity contribution in [3.8, 4) is 0 Å². The molecule has 0 aromatic heterocycles. The molecule has 3 nitrogen and oxygen atoms in total. The zero-order valence-corrected chi connectivity index (χ0v) is 13.7. The smallest absolute Gasteiger partial charge is 0.222 e. The second-order valence-electron chi connectivity index (χ2n) is 8.07. The van der Waals surface area contributed by atoms with Gasteiger partial charge in [-0.3, -0.25) is 4.79 Å². The summed E-state index contributed by atoms with van der Waals surface area (Å²) in [6.07, 6.45) is 5.86. The molecule has 0 spiro atoms. The van der Waals surface area contributed by atoms with E-state index in [0.717, 1.165) is 25.6 Å². The first-order valence-electron chi connectivity index (χ1n) is 8.38. The maximum atomic E-state index is 12.1. The van der Waals surface area contributed by atoms with E-state index in [4.69, 9.17) is 0 Å². The third-order valence-electron chi connectivity index (χ3n) is 4.49. The maximum Gasteiger partial charge on any atom is 0.222 e. The van der Waals surface area contributed by atoms with Crippen molar-refractivity contribution in [3.63, 3.8) is 0 Å². The number of amides is 1. The topological polar surface area (TPSA) is 32.3 Å². The van der Waals surface area contributed by atoms with Crippen LogP contribution in [0.3, 0.4) is 0 Å². The van der Waals surface area contributed by atoms with E-state index in [2.05, 4.69) is 31.0 Å². The Hall–Kier alpha value is -0.570. The predicted octanol–water partition coefficient (Wildman–Crippen LogP) is 3.05.